The number of benzene rings is 1. The molecule has 0 spiro atoms. The van der Waals surface area contributed by atoms with E-state index in [1.54, 1.807) is 6.07 Å². The molecule has 1 fully saturated rings. The molecule has 0 unspecified atom stereocenters. The quantitative estimate of drug-likeness (QED) is 0.640. The predicted octanol–water partition coefficient (Wildman–Crippen LogP) is 1.17. The van der Waals surface area contributed by atoms with Crippen molar-refractivity contribution in [3.63, 3.8) is 0 Å². The van der Waals surface area contributed by atoms with Crippen molar-refractivity contribution in [2.24, 2.45) is 0 Å². The van der Waals surface area contributed by atoms with Crippen LogP contribution in [0.1, 0.15) is 18.4 Å². The van der Waals surface area contributed by atoms with Crippen LogP contribution >= 0.6 is 0 Å². The summed E-state index contributed by atoms with van der Waals surface area (Å²) >= 11 is 0. The van der Waals surface area contributed by atoms with Gasteiger partial charge in [-0.1, -0.05) is 6.07 Å². The Balaban J connectivity index is 2.28. The van der Waals surface area contributed by atoms with Crippen molar-refractivity contribution in [3.8, 4) is 11.5 Å². The summed E-state index contributed by atoms with van der Waals surface area (Å²) in [4.78, 5) is 0. The van der Waals surface area contributed by atoms with E-state index in [1.807, 2.05) is 0 Å². The highest BCUT2D eigenvalue weighted by molar-refractivity contribution is 5.44. The fourth-order valence-electron chi connectivity index (χ4n) is 1.39. The molecule has 1 saturated carbocycles. The lowest BCUT2D eigenvalue weighted by molar-refractivity contribution is 0.149. The Morgan fingerprint density at radius 2 is 1.69 bits per heavy atom. The minimum absolute atomic E-state index is 0.0559. The van der Waals surface area contributed by atoms with Crippen LogP contribution in [0.5, 0.6) is 11.5 Å². The number of aromatic hydroxyl groups is 2. The summed E-state index contributed by atoms with van der Waals surface area (Å²) < 4.78 is 0. The molecule has 0 aliphatic heterocycles. The van der Waals surface area contributed by atoms with E-state index in [1.165, 1.54) is 12.1 Å². The molecule has 0 heterocycles. The third-order valence-electron chi connectivity index (χ3n) is 2.46. The van der Waals surface area contributed by atoms with Gasteiger partial charge in [0, 0.05) is 12.0 Å². The molecule has 13 heavy (non-hydrogen) atoms. The van der Waals surface area contributed by atoms with Crippen molar-refractivity contribution in [1.82, 2.24) is 0 Å². The summed E-state index contributed by atoms with van der Waals surface area (Å²) in [5.41, 5.74) is -0.237. The number of aliphatic hydroxyl groups is 1. The van der Waals surface area contributed by atoms with E-state index in [0.29, 0.717) is 12.0 Å². The van der Waals surface area contributed by atoms with Crippen LogP contribution < -0.4 is 0 Å². The Labute approximate surface area is 76.3 Å². The van der Waals surface area contributed by atoms with Crippen molar-refractivity contribution in [3.05, 3.63) is 23.8 Å². The number of hydrogen-bond acceptors (Lipinski definition) is 3. The standard InChI is InChI=1S/C10H12O3/c11-8-2-1-3-9(12)7(8)6-10(13)4-5-10/h1-3,11-13H,4-6H2. The Hall–Kier alpha value is -1.22. The lowest BCUT2D eigenvalue weighted by Gasteiger charge is -2.10. The van der Waals surface area contributed by atoms with Crippen LogP contribution in [0.15, 0.2) is 18.2 Å². The molecule has 0 saturated heterocycles. The van der Waals surface area contributed by atoms with Crippen molar-refractivity contribution < 1.29 is 15.3 Å². The van der Waals surface area contributed by atoms with Gasteiger partial charge in [0.25, 0.3) is 0 Å². The van der Waals surface area contributed by atoms with E-state index in [4.69, 9.17) is 0 Å². The molecular weight excluding hydrogens is 168 g/mol. The van der Waals surface area contributed by atoms with Crippen LogP contribution in [0.25, 0.3) is 0 Å². The largest absolute Gasteiger partial charge is 0.508 e. The Kier molecular flexibility index (Phi) is 1.70. The van der Waals surface area contributed by atoms with Crippen LogP contribution in [0.4, 0.5) is 0 Å². The molecule has 1 aromatic rings. The van der Waals surface area contributed by atoms with E-state index in [9.17, 15) is 15.3 Å². The van der Waals surface area contributed by atoms with E-state index in [0.717, 1.165) is 12.8 Å². The fourth-order valence-corrected chi connectivity index (χ4v) is 1.39. The van der Waals surface area contributed by atoms with Crippen LogP contribution in [-0.4, -0.2) is 20.9 Å². The van der Waals surface area contributed by atoms with Crippen molar-refractivity contribution >= 4 is 0 Å². The maximum atomic E-state index is 9.61. The second-order valence-corrected chi connectivity index (χ2v) is 3.68. The molecule has 0 bridgehead atoms. The molecule has 1 aromatic carbocycles. The van der Waals surface area contributed by atoms with Gasteiger partial charge in [-0.05, 0) is 25.0 Å². The molecule has 3 N–H and O–H groups in total. The first kappa shape index (κ1) is 8.38. The van der Waals surface area contributed by atoms with Gasteiger partial charge in [0.15, 0.2) is 0 Å². The SMILES string of the molecule is Oc1cccc(O)c1CC1(O)CC1. The molecule has 0 aromatic heterocycles. The number of phenols is 2. The van der Waals surface area contributed by atoms with E-state index in [2.05, 4.69) is 0 Å². The van der Waals surface area contributed by atoms with Crippen molar-refractivity contribution in [2.75, 3.05) is 0 Å². The molecule has 0 radical (unpaired) electrons. The number of rotatable bonds is 2. The van der Waals surface area contributed by atoms with E-state index < -0.39 is 5.60 Å². The molecular formula is C10H12O3. The smallest absolute Gasteiger partial charge is 0.122 e. The number of hydrogen-bond donors (Lipinski definition) is 3. The van der Waals surface area contributed by atoms with Gasteiger partial charge in [0.2, 0.25) is 0 Å². The molecule has 3 nitrogen and oxygen atoms in total. The van der Waals surface area contributed by atoms with Gasteiger partial charge in [0.05, 0.1) is 5.60 Å². The van der Waals surface area contributed by atoms with Crippen molar-refractivity contribution in [2.45, 2.75) is 24.9 Å². The molecule has 0 amide bonds. The van der Waals surface area contributed by atoms with Crippen LogP contribution in [-0.2, 0) is 6.42 Å². The minimum atomic E-state index is -0.684. The van der Waals surface area contributed by atoms with Crippen LogP contribution in [0, 0.1) is 0 Å². The molecule has 2 rings (SSSR count). The molecule has 1 aliphatic rings. The van der Waals surface area contributed by atoms with Gasteiger partial charge < -0.3 is 15.3 Å². The van der Waals surface area contributed by atoms with Crippen LogP contribution in [0.3, 0.4) is 0 Å². The molecule has 3 heteroatoms. The first-order chi connectivity index (χ1) is 6.11. The maximum absolute atomic E-state index is 9.61. The van der Waals surface area contributed by atoms with E-state index >= 15 is 0 Å². The van der Waals surface area contributed by atoms with Gasteiger partial charge in [0.1, 0.15) is 11.5 Å². The first-order valence-corrected chi connectivity index (χ1v) is 4.33. The minimum Gasteiger partial charge on any atom is -0.508 e. The summed E-state index contributed by atoms with van der Waals surface area (Å²) in [5.74, 6) is 0.112. The average molecular weight is 180 g/mol. The van der Waals surface area contributed by atoms with Gasteiger partial charge in [-0.3, -0.25) is 0 Å². The molecule has 1 aliphatic carbocycles. The lowest BCUT2D eigenvalue weighted by Crippen LogP contribution is -2.10. The third-order valence-corrected chi connectivity index (χ3v) is 2.46. The Morgan fingerprint density at radius 1 is 1.15 bits per heavy atom. The molecule has 0 atom stereocenters. The van der Waals surface area contributed by atoms with E-state index in [-0.39, 0.29) is 11.5 Å². The maximum Gasteiger partial charge on any atom is 0.122 e. The highest BCUT2D eigenvalue weighted by atomic mass is 16.3. The monoisotopic (exact) mass is 180 g/mol. The fraction of sp³-hybridized carbons (Fsp3) is 0.400. The highest BCUT2D eigenvalue weighted by Crippen LogP contribution is 2.42. The van der Waals surface area contributed by atoms with Gasteiger partial charge in [-0.15, -0.1) is 0 Å². The Bertz CT molecular complexity index is 309. The summed E-state index contributed by atoms with van der Waals surface area (Å²) in [5, 5.41) is 28.4. The van der Waals surface area contributed by atoms with Gasteiger partial charge in [-0.2, -0.15) is 0 Å². The van der Waals surface area contributed by atoms with Crippen LogP contribution in [0.2, 0.25) is 0 Å². The second kappa shape index (κ2) is 2.64. The zero-order chi connectivity index (χ0) is 9.47. The van der Waals surface area contributed by atoms with Gasteiger partial charge >= 0.3 is 0 Å². The third kappa shape index (κ3) is 1.60. The first-order valence-electron chi connectivity index (χ1n) is 4.33. The zero-order valence-corrected chi connectivity index (χ0v) is 7.20. The summed E-state index contributed by atoms with van der Waals surface area (Å²) in [6.45, 7) is 0. The summed E-state index contributed by atoms with van der Waals surface area (Å²) in [6, 6.07) is 4.60. The summed E-state index contributed by atoms with van der Waals surface area (Å²) in [7, 11) is 0. The number of phenolic OH excluding ortho intramolecular Hbond substituents is 2. The normalized spacial score (nSPS) is 18.5. The topological polar surface area (TPSA) is 60.7 Å². The second-order valence-electron chi connectivity index (χ2n) is 3.68. The lowest BCUT2D eigenvalue weighted by atomic mass is 10.0. The Morgan fingerprint density at radius 3 is 2.15 bits per heavy atom. The average Bonchev–Trinajstić information content (AvgIpc) is 2.78. The van der Waals surface area contributed by atoms with Crippen molar-refractivity contribution in [1.29, 1.82) is 0 Å². The van der Waals surface area contributed by atoms with Gasteiger partial charge in [-0.25, -0.2) is 0 Å². The summed E-state index contributed by atoms with van der Waals surface area (Å²) in [6.07, 6.45) is 1.84. The highest BCUT2D eigenvalue weighted by Gasteiger charge is 2.41. The predicted molar refractivity (Wildman–Crippen MR) is 47.7 cm³/mol. The molecule has 70 valence electrons. The zero-order valence-electron chi connectivity index (χ0n) is 7.20.